The average molecular weight is 258 g/mol. The van der Waals surface area contributed by atoms with Gasteiger partial charge in [0.1, 0.15) is 0 Å². The van der Waals surface area contributed by atoms with Crippen LogP contribution in [0.25, 0.3) is 0 Å². The fourth-order valence-corrected chi connectivity index (χ4v) is 2.45. The summed E-state index contributed by atoms with van der Waals surface area (Å²) >= 11 is 0. The van der Waals surface area contributed by atoms with Gasteiger partial charge in [-0.25, -0.2) is 0 Å². The molecular formula is C16H34O2. The molecule has 0 saturated heterocycles. The van der Waals surface area contributed by atoms with Gasteiger partial charge in [-0.2, -0.15) is 0 Å². The minimum Gasteiger partial charge on any atom is -0.393 e. The van der Waals surface area contributed by atoms with Gasteiger partial charge in [0.05, 0.1) is 6.10 Å². The molecular weight excluding hydrogens is 224 g/mol. The Labute approximate surface area is 114 Å². The summed E-state index contributed by atoms with van der Waals surface area (Å²) in [4.78, 5) is 0. The van der Waals surface area contributed by atoms with Crippen molar-refractivity contribution in [3.05, 3.63) is 0 Å². The summed E-state index contributed by atoms with van der Waals surface area (Å²) < 4.78 is 5.08. The predicted molar refractivity (Wildman–Crippen MR) is 78.9 cm³/mol. The van der Waals surface area contributed by atoms with Gasteiger partial charge in [-0.15, -0.1) is 0 Å². The number of methoxy groups -OCH3 is 1. The third-order valence-electron chi connectivity index (χ3n) is 3.52. The molecule has 0 rings (SSSR count). The van der Waals surface area contributed by atoms with Crippen molar-refractivity contribution in [3.63, 3.8) is 0 Å². The van der Waals surface area contributed by atoms with Gasteiger partial charge in [0, 0.05) is 13.7 Å². The maximum atomic E-state index is 9.86. The van der Waals surface area contributed by atoms with Crippen molar-refractivity contribution in [1.82, 2.24) is 0 Å². The largest absolute Gasteiger partial charge is 0.393 e. The van der Waals surface area contributed by atoms with Crippen molar-refractivity contribution in [2.75, 3.05) is 13.7 Å². The molecule has 0 radical (unpaired) electrons. The van der Waals surface area contributed by atoms with E-state index in [1.165, 1.54) is 51.4 Å². The lowest BCUT2D eigenvalue weighted by atomic mass is 9.99. The molecule has 0 aromatic carbocycles. The Balaban J connectivity index is 3.22. The van der Waals surface area contributed by atoms with E-state index in [0.29, 0.717) is 5.92 Å². The summed E-state index contributed by atoms with van der Waals surface area (Å²) in [7, 11) is 1.72. The number of aliphatic hydroxyl groups is 1. The quantitative estimate of drug-likeness (QED) is 0.491. The van der Waals surface area contributed by atoms with Crippen molar-refractivity contribution in [2.24, 2.45) is 5.92 Å². The molecule has 0 bridgehead atoms. The fourth-order valence-electron chi connectivity index (χ4n) is 2.45. The molecule has 2 atom stereocenters. The van der Waals surface area contributed by atoms with Crippen LogP contribution >= 0.6 is 0 Å². The SMILES string of the molecule is CCCCCCCCCCC(O)CC(C)COC. The van der Waals surface area contributed by atoms with Gasteiger partial charge in [0.25, 0.3) is 0 Å². The highest BCUT2D eigenvalue weighted by Gasteiger charge is 2.09. The summed E-state index contributed by atoms with van der Waals surface area (Å²) in [5.41, 5.74) is 0. The van der Waals surface area contributed by atoms with Crippen LogP contribution in [-0.2, 0) is 4.74 Å². The second kappa shape index (κ2) is 13.4. The van der Waals surface area contributed by atoms with Gasteiger partial charge in [-0.05, 0) is 18.8 Å². The van der Waals surface area contributed by atoms with Gasteiger partial charge < -0.3 is 9.84 Å². The third-order valence-corrected chi connectivity index (χ3v) is 3.52. The Morgan fingerprint density at radius 1 is 0.944 bits per heavy atom. The van der Waals surface area contributed by atoms with Crippen LogP contribution in [0.4, 0.5) is 0 Å². The highest BCUT2D eigenvalue weighted by Crippen LogP contribution is 2.14. The summed E-state index contributed by atoms with van der Waals surface area (Å²) in [6.07, 6.45) is 12.4. The van der Waals surface area contributed by atoms with E-state index in [2.05, 4.69) is 13.8 Å². The molecule has 0 fully saturated rings. The van der Waals surface area contributed by atoms with Crippen LogP contribution in [0.3, 0.4) is 0 Å². The van der Waals surface area contributed by atoms with Crippen LogP contribution in [-0.4, -0.2) is 24.9 Å². The standard InChI is InChI=1S/C16H34O2/c1-4-5-6-7-8-9-10-11-12-16(17)13-15(2)14-18-3/h15-17H,4-14H2,1-3H3. The molecule has 0 aliphatic rings. The molecule has 0 aliphatic heterocycles. The van der Waals surface area contributed by atoms with Crippen molar-refractivity contribution in [1.29, 1.82) is 0 Å². The molecule has 0 spiro atoms. The van der Waals surface area contributed by atoms with E-state index < -0.39 is 0 Å². The van der Waals surface area contributed by atoms with E-state index in [1.807, 2.05) is 0 Å². The monoisotopic (exact) mass is 258 g/mol. The van der Waals surface area contributed by atoms with Gasteiger partial charge in [0.2, 0.25) is 0 Å². The fraction of sp³-hybridized carbons (Fsp3) is 1.00. The highest BCUT2D eigenvalue weighted by atomic mass is 16.5. The minimum absolute atomic E-state index is 0.129. The topological polar surface area (TPSA) is 29.5 Å². The number of hydrogen-bond acceptors (Lipinski definition) is 2. The van der Waals surface area contributed by atoms with E-state index in [4.69, 9.17) is 4.74 Å². The maximum absolute atomic E-state index is 9.86. The minimum atomic E-state index is -0.129. The maximum Gasteiger partial charge on any atom is 0.0543 e. The van der Waals surface area contributed by atoms with Crippen molar-refractivity contribution < 1.29 is 9.84 Å². The van der Waals surface area contributed by atoms with Gasteiger partial charge >= 0.3 is 0 Å². The molecule has 0 aromatic rings. The lowest BCUT2D eigenvalue weighted by molar-refractivity contribution is 0.0948. The van der Waals surface area contributed by atoms with Crippen LogP contribution in [0, 0.1) is 5.92 Å². The summed E-state index contributed by atoms with van der Waals surface area (Å²) in [6, 6.07) is 0. The van der Waals surface area contributed by atoms with Gasteiger partial charge in [-0.3, -0.25) is 0 Å². The summed E-state index contributed by atoms with van der Waals surface area (Å²) in [6.45, 7) is 5.15. The molecule has 0 heterocycles. The normalized spacial score (nSPS) is 14.7. The average Bonchev–Trinajstić information content (AvgIpc) is 2.32. The van der Waals surface area contributed by atoms with Gasteiger partial charge in [-0.1, -0.05) is 65.2 Å². The number of aliphatic hydroxyl groups excluding tert-OH is 1. The van der Waals surface area contributed by atoms with E-state index in [-0.39, 0.29) is 6.10 Å². The predicted octanol–water partition coefficient (Wildman–Crippen LogP) is 4.55. The number of ether oxygens (including phenoxy) is 1. The Morgan fingerprint density at radius 2 is 1.50 bits per heavy atom. The zero-order chi connectivity index (χ0) is 13.6. The molecule has 1 N–H and O–H groups in total. The van der Waals surface area contributed by atoms with Gasteiger partial charge in [0.15, 0.2) is 0 Å². The lowest BCUT2D eigenvalue weighted by Crippen LogP contribution is -2.14. The molecule has 2 nitrogen and oxygen atoms in total. The summed E-state index contributed by atoms with van der Waals surface area (Å²) in [5.74, 6) is 0.471. The van der Waals surface area contributed by atoms with Crippen LogP contribution in [0.15, 0.2) is 0 Å². The van der Waals surface area contributed by atoms with Crippen LogP contribution in [0.2, 0.25) is 0 Å². The second-order valence-corrected chi connectivity index (χ2v) is 5.71. The Hall–Kier alpha value is -0.0800. The smallest absolute Gasteiger partial charge is 0.0543 e. The number of hydrogen-bond donors (Lipinski definition) is 1. The first-order valence-electron chi connectivity index (χ1n) is 7.87. The first-order valence-corrected chi connectivity index (χ1v) is 7.87. The number of unbranched alkanes of at least 4 members (excludes halogenated alkanes) is 7. The number of rotatable bonds is 13. The third kappa shape index (κ3) is 12.4. The zero-order valence-electron chi connectivity index (χ0n) is 12.8. The van der Waals surface area contributed by atoms with Crippen molar-refractivity contribution >= 4 is 0 Å². The highest BCUT2D eigenvalue weighted by molar-refractivity contribution is 4.61. The van der Waals surface area contributed by atoms with Crippen LogP contribution in [0.1, 0.15) is 78.1 Å². The first kappa shape index (κ1) is 17.9. The summed E-state index contributed by atoms with van der Waals surface area (Å²) in [5, 5.41) is 9.86. The zero-order valence-corrected chi connectivity index (χ0v) is 12.8. The van der Waals surface area contributed by atoms with E-state index in [0.717, 1.165) is 19.4 Å². The van der Waals surface area contributed by atoms with Crippen molar-refractivity contribution in [2.45, 2.75) is 84.2 Å². The van der Waals surface area contributed by atoms with Crippen LogP contribution in [0.5, 0.6) is 0 Å². The van der Waals surface area contributed by atoms with E-state index >= 15 is 0 Å². The molecule has 18 heavy (non-hydrogen) atoms. The Kier molecular flexibility index (Phi) is 13.3. The first-order chi connectivity index (χ1) is 8.70. The van der Waals surface area contributed by atoms with Crippen LogP contribution < -0.4 is 0 Å². The molecule has 0 amide bonds. The lowest BCUT2D eigenvalue weighted by Gasteiger charge is -2.15. The Morgan fingerprint density at radius 3 is 2.06 bits per heavy atom. The molecule has 0 aliphatic carbocycles. The Bertz CT molecular complexity index is 159. The molecule has 0 aromatic heterocycles. The van der Waals surface area contributed by atoms with E-state index in [1.54, 1.807) is 7.11 Å². The van der Waals surface area contributed by atoms with E-state index in [9.17, 15) is 5.11 Å². The van der Waals surface area contributed by atoms with Crippen molar-refractivity contribution in [3.8, 4) is 0 Å². The molecule has 2 unspecified atom stereocenters. The molecule has 2 heteroatoms. The molecule has 0 saturated carbocycles. The second-order valence-electron chi connectivity index (χ2n) is 5.71. The molecule has 110 valence electrons.